The molecule has 2 aromatic carbocycles. The summed E-state index contributed by atoms with van der Waals surface area (Å²) in [6, 6.07) is 8.44. The molecule has 0 saturated heterocycles. The number of amides is 1. The second-order valence-electron chi connectivity index (χ2n) is 5.07. The lowest BCUT2D eigenvalue weighted by Crippen LogP contribution is -2.13. The van der Waals surface area contributed by atoms with Gasteiger partial charge in [-0.1, -0.05) is 23.2 Å². The summed E-state index contributed by atoms with van der Waals surface area (Å²) in [5, 5.41) is 11.4. The molecule has 0 saturated carbocycles. The summed E-state index contributed by atoms with van der Waals surface area (Å²) in [7, 11) is 3.12. The molecule has 25 heavy (non-hydrogen) atoms. The first-order chi connectivity index (χ1) is 12.0. The summed E-state index contributed by atoms with van der Waals surface area (Å²) < 4.78 is 10.4. The molecule has 8 heteroatoms. The molecule has 0 radical (unpaired) electrons. The van der Waals surface area contributed by atoms with Crippen LogP contribution in [0, 0.1) is 0 Å². The van der Waals surface area contributed by atoms with Crippen LogP contribution in [0.2, 0.25) is 10.0 Å². The fraction of sp³-hybridized carbons (Fsp3) is 0.118. The highest BCUT2D eigenvalue weighted by Gasteiger charge is 2.28. The average molecular weight is 378 g/mol. The molecule has 1 amide bonds. The number of hydrogen-bond donors (Lipinski definition) is 1. The van der Waals surface area contributed by atoms with E-state index < -0.39 is 5.91 Å². The van der Waals surface area contributed by atoms with Gasteiger partial charge in [0.05, 0.1) is 31.1 Å². The molecular weight excluding hydrogens is 365 g/mol. The molecule has 128 valence electrons. The number of halogens is 2. The van der Waals surface area contributed by atoms with Crippen LogP contribution in [0.4, 0.5) is 5.69 Å². The summed E-state index contributed by atoms with van der Waals surface area (Å²) in [5.74, 6) is 0.860. The van der Waals surface area contributed by atoms with Gasteiger partial charge in [-0.25, -0.2) is 0 Å². The van der Waals surface area contributed by atoms with Crippen molar-refractivity contribution >= 4 is 46.7 Å². The normalized spacial score (nSPS) is 14.7. The Kier molecular flexibility index (Phi) is 4.92. The first-order valence-corrected chi connectivity index (χ1v) is 7.93. The van der Waals surface area contributed by atoms with Crippen LogP contribution >= 0.6 is 23.2 Å². The third kappa shape index (κ3) is 3.45. The fourth-order valence-electron chi connectivity index (χ4n) is 2.37. The molecule has 0 aliphatic carbocycles. The van der Waals surface area contributed by atoms with E-state index in [9.17, 15) is 4.79 Å². The van der Waals surface area contributed by atoms with Gasteiger partial charge in [-0.15, -0.1) is 5.10 Å². The van der Waals surface area contributed by atoms with E-state index in [1.807, 2.05) is 0 Å². The molecule has 1 aliphatic heterocycles. The van der Waals surface area contributed by atoms with Crippen molar-refractivity contribution in [3.05, 3.63) is 51.5 Å². The molecule has 1 N–H and O–H groups in total. The van der Waals surface area contributed by atoms with E-state index in [-0.39, 0.29) is 5.71 Å². The maximum Gasteiger partial charge on any atom is 0.276 e. The largest absolute Gasteiger partial charge is 0.497 e. The van der Waals surface area contributed by atoms with Gasteiger partial charge in [0.25, 0.3) is 5.91 Å². The van der Waals surface area contributed by atoms with Crippen LogP contribution in [0.1, 0.15) is 11.1 Å². The van der Waals surface area contributed by atoms with Crippen LogP contribution in [0.5, 0.6) is 11.5 Å². The third-order valence-corrected chi connectivity index (χ3v) is 4.07. The molecular formula is C17H13Cl2N3O3. The Morgan fingerprint density at radius 1 is 1.12 bits per heavy atom. The molecule has 0 spiro atoms. The lowest BCUT2D eigenvalue weighted by atomic mass is 10.1. The molecule has 0 bridgehead atoms. The molecule has 2 aromatic rings. The third-order valence-electron chi connectivity index (χ3n) is 3.56. The number of carbonyl (C=O) groups excluding carboxylic acids is 1. The lowest BCUT2D eigenvalue weighted by Gasteiger charge is -2.06. The van der Waals surface area contributed by atoms with Crippen molar-refractivity contribution in [2.24, 2.45) is 10.2 Å². The van der Waals surface area contributed by atoms with Crippen molar-refractivity contribution in [3.63, 3.8) is 0 Å². The first kappa shape index (κ1) is 17.3. The van der Waals surface area contributed by atoms with E-state index >= 15 is 0 Å². The molecule has 6 nitrogen and oxygen atoms in total. The Balaban J connectivity index is 1.96. The summed E-state index contributed by atoms with van der Waals surface area (Å²) in [6.45, 7) is 0. The Hall–Kier alpha value is -2.57. The fourth-order valence-corrected chi connectivity index (χ4v) is 2.91. The zero-order chi connectivity index (χ0) is 18.0. The van der Waals surface area contributed by atoms with Crippen LogP contribution < -0.4 is 14.8 Å². The van der Waals surface area contributed by atoms with Crippen molar-refractivity contribution < 1.29 is 14.3 Å². The Bertz CT molecular complexity index is 910. The second-order valence-corrected chi connectivity index (χ2v) is 5.91. The summed E-state index contributed by atoms with van der Waals surface area (Å²) >= 11 is 12.1. The predicted molar refractivity (Wildman–Crippen MR) is 98.8 cm³/mol. The van der Waals surface area contributed by atoms with Crippen LogP contribution in [0.25, 0.3) is 0 Å². The van der Waals surface area contributed by atoms with Gasteiger partial charge >= 0.3 is 0 Å². The second kappa shape index (κ2) is 7.13. The van der Waals surface area contributed by atoms with E-state index in [0.29, 0.717) is 38.4 Å². The van der Waals surface area contributed by atoms with Gasteiger partial charge in [-0.3, -0.25) is 4.79 Å². The van der Waals surface area contributed by atoms with Gasteiger partial charge in [0, 0.05) is 16.1 Å². The van der Waals surface area contributed by atoms with Crippen molar-refractivity contribution in [2.45, 2.75) is 0 Å². The highest BCUT2D eigenvalue weighted by atomic mass is 35.5. The predicted octanol–water partition coefficient (Wildman–Crippen LogP) is 3.79. The van der Waals surface area contributed by atoms with Gasteiger partial charge < -0.3 is 14.8 Å². The molecule has 0 atom stereocenters. The summed E-state index contributed by atoms with van der Waals surface area (Å²) in [5.41, 5.74) is 1.78. The quantitative estimate of drug-likeness (QED) is 0.650. The maximum atomic E-state index is 12.1. The average Bonchev–Trinajstić information content (AvgIpc) is 2.91. The smallest absolute Gasteiger partial charge is 0.276 e. The SMILES string of the molecule is COc1ccc(OC)c(/C=N\N=C2C(=O)Nc3c(Cl)cc(Cl)cc32)c1. The monoisotopic (exact) mass is 377 g/mol. The van der Waals surface area contributed by atoms with E-state index in [4.69, 9.17) is 32.7 Å². The van der Waals surface area contributed by atoms with Gasteiger partial charge in [-0.05, 0) is 30.3 Å². The van der Waals surface area contributed by atoms with Crippen molar-refractivity contribution in [2.75, 3.05) is 19.5 Å². The maximum absolute atomic E-state index is 12.1. The zero-order valence-corrected chi connectivity index (χ0v) is 14.9. The number of carbonyl (C=O) groups is 1. The van der Waals surface area contributed by atoms with Gasteiger partial charge in [0.1, 0.15) is 11.5 Å². The van der Waals surface area contributed by atoms with E-state index in [0.717, 1.165) is 0 Å². The minimum Gasteiger partial charge on any atom is -0.497 e. The number of anilines is 1. The number of methoxy groups -OCH3 is 2. The van der Waals surface area contributed by atoms with Crippen molar-refractivity contribution in [1.29, 1.82) is 0 Å². The highest BCUT2D eigenvalue weighted by Crippen LogP contribution is 2.34. The standard InChI is InChI=1S/C17H13Cl2N3O3/c1-24-11-3-4-14(25-2)9(5-11)8-20-22-16-12-6-10(18)7-13(19)15(12)21-17(16)23/h3-8H,1-2H3,(H,21,22,23)/b20-8-. The van der Waals surface area contributed by atoms with Gasteiger partial charge in [0.2, 0.25) is 0 Å². The summed E-state index contributed by atoms with van der Waals surface area (Å²) in [4.78, 5) is 12.1. The number of nitrogens with zero attached hydrogens (tertiary/aromatic N) is 2. The molecule has 0 fully saturated rings. The molecule has 0 aromatic heterocycles. The lowest BCUT2D eigenvalue weighted by molar-refractivity contribution is -0.110. The van der Waals surface area contributed by atoms with Crippen LogP contribution in [0.15, 0.2) is 40.5 Å². The molecule has 0 unspecified atom stereocenters. The van der Waals surface area contributed by atoms with E-state index in [1.54, 1.807) is 44.6 Å². The number of hydrogen-bond acceptors (Lipinski definition) is 5. The van der Waals surface area contributed by atoms with Gasteiger partial charge in [0.15, 0.2) is 5.71 Å². The highest BCUT2D eigenvalue weighted by molar-refractivity contribution is 6.56. The molecule has 1 heterocycles. The van der Waals surface area contributed by atoms with Crippen molar-refractivity contribution in [1.82, 2.24) is 0 Å². The van der Waals surface area contributed by atoms with Crippen molar-refractivity contribution in [3.8, 4) is 11.5 Å². The first-order valence-electron chi connectivity index (χ1n) is 7.17. The minimum atomic E-state index is -0.395. The number of benzene rings is 2. The number of fused-ring (bicyclic) bond motifs is 1. The minimum absolute atomic E-state index is 0.137. The Labute approximate surface area is 154 Å². The van der Waals surface area contributed by atoms with Gasteiger partial charge in [-0.2, -0.15) is 5.10 Å². The van der Waals surface area contributed by atoms with Crippen LogP contribution in [-0.2, 0) is 4.79 Å². The van der Waals surface area contributed by atoms with Crippen LogP contribution in [0.3, 0.4) is 0 Å². The number of ether oxygens (including phenoxy) is 2. The topological polar surface area (TPSA) is 72.3 Å². The van der Waals surface area contributed by atoms with Crippen LogP contribution in [-0.4, -0.2) is 32.1 Å². The molecule has 1 aliphatic rings. The Morgan fingerprint density at radius 3 is 2.64 bits per heavy atom. The molecule has 3 rings (SSSR count). The number of nitrogens with one attached hydrogen (secondary N) is 1. The van der Waals surface area contributed by atoms with E-state index in [2.05, 4.69) is 15.5 Å². The summed E-state index contributed by atoms with van der Waals surface area (Å²) in [6.07, 6.45) is 1.48. The van der Waals surface area contributed by atoms with E-state index in [1.165, 1.54) is 6.21 Å². The zero-order valence-electron chi connectivity index (χ0n) is 13.3. The Morgan fingerprint density at radius 2 is 1.92 bits per heavy atom. The number of rotatable bonds is 4.